The Hall–Kier alpha value is -3.85. The maximum atomic E-state index is 12.2. The Balaban J connectivity index is 1.80. The molecule has 0 radical (unpaired) electrons. The molecule has 0 aliphatic rings. The average Bonchev–Trinajstić information content (AvgIpc) is 3.02. The standard InChI is InChI=1S/C18H12ClN5O4/c19-9-1-4-11(5-2-9)24-16(26)12(15(25)23-18(24)28)8-20-10-3-6-13-14(7-10)22-17(27)21-13/h1-8,26H,(H2,21,22,27)(H,23,25,28). The number of H-pyrrole nitrogens is 3. The van der Waals surface area contributed by atoms with Crippen molar-refractivity contribution in [3.8, 4) is 11.6 Å². The van der Waals surface area contributed by atoms with Crippen LogP contribution in [0.1, 0.15) is 5.56 Å². The van der Waals surface area contributed by atoms with Crippen LogP contribution in [-0.4, -0.2) is 30.8 Å². The van der Waals surface area contributed by atoms with Gasteiger partial charge < -0.3 is 15.1 Å². The monoisotopic (exact) mass is 397 g/mol. The third-order valence-corrected chi connectivity index (χ3v) is 4.30. The molecule has 2 heterocycles. The highest BCUT2D eigenvalue weighted by Gasteiger charge is 2.14. The number of aliphatic imine (C=N–C) groups is 1. The zero-order chi connectivity index (χ0) is 19.8. The maximum absolute atomic E-state index is 12.2. The predicted octanol–water partition coefficient (Wildman–Crippen LogP) is 1.80. The van der Waals surface area contributed by atoms with E-state index in [4.69, 9.17) is 11.6 Å². The van der Waals surface area contributed by atoms with Crippen molar-refractivity contribution in [3.63, 3.8) is 0 Å². The Morgan fingerprint density at radius 1 is 0.964 bits per heavy atom. The largest absolute Gasteiger partial charge is 0.493 e. The SMILES string of the molecule is O=c1[nH]c2ccc(N=Cc3c(O)n(-c4ccc(Cl)cc4)c(=O)[nH]c3=O)cc2[nH]1. The lowest BCUT2D eigenvalue weighted by Crippen LogP contribution is -2.31. The third kappa shape index (κ3) is 3.14. The molecule has 0 spiro atoms. The minimum atomic E-state index is -0.798. The smallest absolute Gasteiger partial charge is 0.335 e. The van der Waals surface area contributed by atoms with Crippen LogP contribution < -0.4 is 16.9 Å². The average molecular weight is 398 g/mol. The molecule has 0 atom stereocenters. The second kappa shape index (κ2) is 6.71. The molecule has 0 amide bonds. The lowest BCUT2D eigenvalue weighted by atomic mass is 10.2. The van der Waals surface area contributed by atoms with Gasteiger partial charge in [-0.05, 0) is 42.5 Å². The number of hydrogen-bond acceptors (Lipinski definition) is 5. The summed E-state index contributed by atoms with van der Waals surface area (Å²) in [5.74, 6) is -0.559. The number of aromatic nitrogens is 4. The molecule has 9 nitrogen and oxygen atoms in total. The minimum absolute atomic E-state index is 0.197. The molecule has 0 aliphatic heterocycles. The summed E-state index contributed by atoms with van der Waals surface area (Å²) in [6.45, 7) is 0. The van der Waals surface area contributed by atoms with Gasteiger partial charge in [-0.15, -0.1) is 0 Å². The zero-order valence-corrected chi connectivity index (χ0v) is 14.8. The Morgan fingerprint density at radius 2 is 1.68 bits per heavy atom. The van der Waals surface area contributed by atoms with Crippen LogP contribution in [0.25, 0.3) is 16.7 Å². The molecule has 0 aliphatic carbocycles. The quantitative estimate of drug-likeness (QED) is 0.392. The van der Waals surface area contributed by atoms with Crippen molar-refractivity contribution in [2.45, 2.75) is 0 Å². The van der Waals surface area contributed by atoms with Crippen LogP contribution in [0.15, 0.2) is 61.8 Å². The van der Waals surface area contributed by atoms with Gasteiger partial charge in [-0.3, -0.25) is 14.8 Å². The van der Waals surface area contributed by atoms with E-state index in [1.165, 1.54) is 12.1 Å². The number of nitrogens with zero attached hydrogens (tertiary/aromatic N) is 2. The first-order valence-corrected chi connectivity index (χ1v) is 8.40. The molecule has 0 saturated carbocycles. The number of halogens is 1. The van der Waals surface area contributed by atoms with Gasteiger partial charge in [0.2, 0.25) is 5.88 Å². The number of hydrogen-bond donors (Lipinski definition) is 4. The minimum Gasteiger partial charge on any atom is -0.493 e. The van der Waals surface area contributed by atoms with Gasteiger partial charge in [-0.1, -0.05) is 11.6 Å². The van der Waals surface area contributed by atoms with Gasteiger partial charge in [0.15, 0.2) is 0 Å². The van der Waals surface area contributed by atoms with Crippen molar-refractivity contribution in [2.24, 2.45) is 4.99 Å². The van der Waals surface area contributed by atoms with E-state index in [0.29, 0.717) is 27.4 Å². The first-order chi connectivity index (χ1) is 13.4. The molecule has 140 valence electrons. The molecule has 0 unspecified atom stereocenters. The summed E-state index contributed by atoms with van der Waals surface area (Å²) in [6, 6.07) is 11.0. The number of aromatic hydroxyl groups is 1. The van der Waals surface area contributed by atoms with E-state index >= 15 is 0 Å². The Morgan fingerprint density at radius 3 is 2.43 bits per heavy atom. The third-order valence-electron chi connectivity index (χ3n) is 4.05. The molecule has 4 N–H and O–H groups in total. The Bertz CT molecular complexity index is 1390. The number of benzene rings is 2. The number of nitrogens with one attached hydrogen (secondary N) is 3. The maximum Gasteiger partial charge on any atom is 0.335 e. The molecule has 10 heteroatoms. The van der Waals surface area contributed by atoms with Crippen molar-refractivity contribution < 1.29 is 5.11 Å². The van der Waals surface area contributed by atoms with Gasteiger partial charge in [-0.25, -0.2) is 14.2 Å². The fourth-order valence-electron chi connectivity index (χ4n) is 2.72. The van der Waals surface area contributed by atoms with Crippen LogP contribution in [0, 0.1) is 0 Å². The van der Waals surface area contributed by atoms with Crippen molar-refractivity contribution in [3.05, 3.63) is 84.4 Å². The van der Waals surface area contributed by atoms with Crippen molar-refractivity contribution in [1.29, 1.82) is 0 Å². The molecule has 4 aromatic rings. The molecular formula is C18H12ClN5O4. The lowest BCUT2D eigenvalue weighted by molar-refractivity contribution is 0.430. The normalized spacial score (nSPS) is 11.5. The van der Waals surface area contributed by atoms with Gasteiger partial charge in [0.25, 0.3) is 5.56 Å². The summed E-state index contributed by atoms with van der Waals surface area (Å²) in [5, 5.41) is 11.0. The van der Waals surface area contributed by atoms with Crippen molar-refractivity contribution in [1.82, 2.24) is 19.5 Å². The van der Waals surface area contributed by atoms with Gasteiger partial charge in [0, 0.05) is 11.2 Å². The fraction of sp³-hybridized carbons (Fsp3) is 0. The predicted molar refractivity (Wildman–Crippen MR) is 106 cm³/mol. The van der Waals surface area contributed by atoms with Gasteiger partial charge in [0.1, 0.15) is 5.56 Å². The van der Waals surface area contributed by atoms with Crippen molar-refractivity contribution in [2.75, 3.05) is 0 Å². The number of imidazole rings is 1. The highest BCUT2D eigenvalue weighted by atomic mass is 35.5. The van der Waals surface area contributed by atoms with E-state index in [2.05, 4.69) is 19.9 Å². The summed E-state index contributed by atoms with van der Waals surface area (Å²) in [6.07, 6.45) is 1.14. The molecule has 0 fully saturated rings. The van der Waals surface area contributed by atoms with Gasteiger partial charge in [-0.2, -0.15) is 0 Å². The van der Waals surface area contributed by atoms with Crippen LogP contribution in [0.5, 0.6) is 5.88 Å². The van der Waals surface area contributed by atoms with E-state index in [1.807, 2.05) is 0 Å². The fourth-order valence-corrected chi connectivity index (χ4v) is 2.85. The van der Waals surface area contributed by atoms with E-state index in [0.717, 1.165) is 10.8 Å². The van der Waals surface area contributed by atoms with Crippen LogP contribution in [0.3, 0.4) is 0 Å². The van der Waals surface area contributed by atoms with E-state index in [-0.39, 0.29) is 11.3 Å². The molecule has 2 aromatic heterocycles. The van der Waals surface area contributed by atoms with E-state index in [1.54, 1.807) is 30.3 Å². The number of fused-ring (bicyclic) bond motifs is 1. The molecule has 0 bridgehead atoms. The van der Waals surface area contributed by atoms with E-state index < -0.39 is 17.1 Å². The van der Waals surface area contributed by atoms with Crippen LogP contribution in [0.2, 0.25) is 5.02 Å². The number of aromatic amines is 3. The summed E-state index contributed by atoms with van der Waals surface area (Å²) in [4.78, 5) is 47.1. The van der Waals surface area contributed by atoms with Crippen LogP contribution in [0.4, 0.5) is 5.69 Å². The van der Waals surface area contributed by atoms with Crippen LogP contribution >= 0.6 is 11.6 Å². The number of rotatable bonds is 3. The Kier molecular flexibility index (Phi) is 4.21. The highest BCUT2D eigenvalue weighted by molar-refractivity contribution is 6.30. The Labute approximate surface area is 160 Å². The second-order valence-corrected chi connectivity index (χ2v) is 6.31. The summed E-state index contributed by atoms with van der Waals surface area (Å²) >= 11 is 5.84. The van der Waals surface area contributed by atoms with Gasteiger partial charge in [0.05, 0.1) is 22.4 Å². The summed E-state index contributed by atoms with van der Waals surface area (Å²) < 4.78 is 0.936. The molecular weight excluding hydrogens is 386 g/mol. The molecule has 4 rings (SSSR count). The summed E-state index contributed by atoms with van der Waals surface area (Å²) in [7, 11) is 0. The first kappa shape index (κ1) is 17.6. The molecule has 28 heavy (non-hydrogen) atoms. The zero-order valence-electron chi connectivity index (χ0n) is 14.1. The van der Waals surface area contributed by atoms with Crippen LogP contribution in [-0.2, 0) is 0 Å². The highest BCUT2D eigenvalue weighted by Crippen LogP contribution is 2.20. The lowest BCUT2D eigenvalue weighted by Gasteiger charge is -2.09. The second-order valence-electron chi connectivity index (χ2n) is 5.88. The molecule has 2 aromatic carbocycles. The first-order valence-electron chi connectivity index (χ1n) is 8.03. The van der Waals surface area contributed by atoms with Gasteiger partial charge >= 0.3 is 11.4 Å². The summed E-state index contributed by atoms with van der Waals surface area (Å²) in [5.41, 5.74) is -0.210. The van der Waals surface area contributed by atoms with E-state index in [9.17, 15) is 19.5 Å². The molecule has 0 saturated heterocycles. The topological polar surface area (TPSA) is 136 Å². The van der Waals surface area contributed by atoms with Crippen molar-refractivity contribution >= 4 is 34.5 Å².